The van der Waals surface area contributed by atoms with Gasteiger partial charge in [0, 0.05) is 0 Å². The van der Waals surface area contributed by atoms with Crippen LogP contribution in [0.5, 0.6) is 0 Å². The van der Waals surface area contributed by atoms with Gasteiger partial charge in [0.2, 0.25) is 27.4 Å². The first-order valence-electron chi connectivity index (χ1n) is 5.12. The van der Waals surface area contributed by atoms with Crippen LogP contribution in [0.1, 0.15) is 0 Å². The van der Waals surface area contributed by atoms with Gasteiger partial charge in [0.25, 0.3) is 0 Å². The van der Waals surface area contributed by atoms with E-state index in [0.717, 1.165) is 0 Å². The molecule has 1 saturated heterocycles. The minimum absolute atomic E-state index is 1.11. The predicted octanol–water partition coefficient (Wildman–Crippen LogP) is -0.368. The minimum Gasteiger partial charge on any atom is -0.323 e. The first-order chi connectivity index (χ1) is 7.08. The molecule has 1 rings (SSSR count). The van der Waals surface area contributed by atoms with E-state index in [0.29, 0.717) is 0 Å². The Hall–Kier alpha value is -0.249. The van der Waals surface area contributed by atoms with Gasteiger partial charge in [-0.05, 0) is 21.1 Å². The van der Waals surface area contributed by atoms with Crippen molar-refractivity contribution in [2.45, 2.75) is 0 Å². The van der Waals surface area contributed by atoms with Crippen LogP contribution < -0.4 is 0 Å². The Kier molecular flexibility index (Phi) is 4.44. The van der Waals surface area contributed by atoms with Gasteiger partial charge in [-0.3, -0.25) is 0 Å². The largest absolute Gasteiger partial charge is 0.323 e. The van der Waals surface area contributed by atoms with Gasteiger partial charge >= 0.3 is 0 Å². The van der Waals surface area contributed by atoms with Gasteiger partial charge in [-0.15, -0.1) is 19.7 Å². The molecule has 0 saturated carbocycles. The van der Waals surface area contributed by atoms with E-state index >= 15 is 0 Å². The molecule has 3 nitrogen and oxygen atoms in total. The zero-order chi connectivity index (χ0) is 11.6. The highest BCUT2D eigenvalue weighted by atomic mass is 28.4. The van der Waals surface area contributed by atoms with Crippen molar-refractivity contribution < 1.29 is 0 Å². The van der Waals surface area contributed by atoms with Gasteiger partial charge < -0.3 is 12.7 Å². The summed E-state index contributed by atoms with van der Waals surface area (Å²) in [5.74, 6) is 0. The Bertz CT molecular complexity index is 217. The van der Waals surface area contributed by atoms with E-state index < -0.39 is 27.4 Å². The molecule has 0 aromatic carbocycles. The molecule has 0 spiro atoms. The lowest BCUT2D eigenvalue weighted by Crippen LogP contribution is -2.73. The molecule has 1 aliphatic heterocycles. The summed E-state index contributed by atoms with van der Waals surface area (Å²) in [6, 6.07) is 0. The molecule has 0 atom stereocenters. The van der Waals surface area contributed by atoms with Crippen molar-refractivity contribution in [1.82, 2.24) is 12.7 Å². The topological polar surface area (TPSA) is 9.72 Å². The summed E-state index contributed by atoms with van der Waals surface area (Å²) >= 11 is 0. The quantitative estimate of drug-likeness (QED) is 0.638. The second-order valence-electron chi connectivity index (χ2n) is 3.94. The van der Waals surface area contributed by atoms with Crippen LogP contribution in [0, 0.1) is 0 Å². The fourth-order valence-electron chi connectivity index (χ4n) is 2.33. The number of hydrogen-bond donors (Lipinski definition) is 0. The Morgan fingerprint density at radius 1 is 0.667 bits per heavy atom. The second-order valence-corrected chi connectivity index (χ2v) is 14.5. The van der Waals surface area contributed by atoms with Crippen molar-refractivity contribution in [3.05, 3.63) is 36.8 Å². The van der Waals surface area contributed by atoms with E-state index in [1.54, 1.807) is 0 Å². The smallest absolute Gasteiger partial charge is 0.203 e. The maximum Gasteiger partial charge on any atom is 0.203 e. The standard InChI is InChI=1S/C9H21N3Si3/c1-7-13-10(4)14(8-2)12(6)15(9-3)11(13)5/h7-9,13-15H,1-3H2,4-6H3. The minimum atomic E-state index is -1.11. The molecule has 0 aromatic rings. The molecular weight excluding hydrogens is 234 g/mol. The fourth-order valence-corrected chi connectivity index (χ4v) is 17.2. The van der Waals surface area contributed by atoms with E-state index in [1.165, 1.54) is 0 Å². The highest BCUT2D eigenvalue weighted by molar-refractivity contribution is 6.90. The average Bonchev–Trinajstić information content (AvgIpc) is 2.19. The summed E-state index contributed by atoms with van der Waals surface area (Å²) in [6.45, 7) is 12.0. The van der Waals surface area contributed by atoms with Gasteiger partial charge in [0.1, 0.15) is 0 Å². The van der Waals surface area contributed by atoms with E-state index in [1.807, 2.05) is 0 Å². The normalized spacial score (nSPS) is 35.0. The molecule has 1 heterocycles. The molecular formula is C9H21N3Si3. The molecule has 0 radical (unpaired) electrons. The molecule has 0 aliphatic carbocycles. The summed E-state index contributed by atoms with van der Waals surface area (Å²) in [4.78, 5) is 0. The van der Waals surface area contributed by atoms with E-state index in [2.05, 4.69) is 70.7 Å². The number of hydrogen-bond acceptors (Lipinski definition) is 3. The Morgan fingerprint density at radius 2 is 0.867 bits per heavy atom. The first kappa shape index (κ1) is 12.8. The van der Waals surface area contributed by atoms with Crippen LogP contribution in [0.3, 0.4) is 0 Å². The molecule has 0 aromatic heterocycles. The maximum atomic E-state index is 3.98. The monoisotopic (exact) mass is 255 g/mol. The third-order valence-electron chi connectivity index (χ3n) is 3.14. The molecule has 0 amide bonds. The van der Waals surface area contributed by atoms with Crippen molar-refractivity contribution in [2.24, 2.45) is 0 Å². The van der Waals surface area contributed by atoms with E-state index in [4.69, 9.17) is 0 Å². The van der Waals surface area contributed by atoms with E-state index in [-0.39, 0.29) is 0 Å². The summed E-state index contributed by atoms with van der Waals surface area (Å²) in [6.07, 6.45) is 0. The van der Waals surface area contributed by atoms with Crippen LogP contribution in [0.25, 0.3) is 0 Å². The summed E-state index contributed by atoms with van der Waals surface area (Å²) < 4.78 is 7.60. The lowest BCUT2D eigenvalue weighted by molar-refractivity contribution is 0.558. The second kappa shape index (κ2) is 5.19. The van der Waals surface area contributed by atoms with Gasteiger partial charge in [-0.1, -0.05) is 17.1 Å². The van der Waals surface area contributed by atoms with Crippen LogP contribution in [0.2, 0.25) is 0 Å². The fraction of sp³-hybridized carbons (Fsp3) is 0.333. The predicted molar refractivity (Wildman–Crippen MR) is 75.3 cm³/mol. The van der Waals surface area contributed by atoms with Gasteiger partial charge in [-0.2, -0.15) is 0 Å². The molecule has 1 aliphatic rings. The lowest BCUT2D eigenvalue weighted by atomic mass is 11.3. The van der Waals surface area contributed by atoms with Crippen molar-refractivity contribution in [3.8, 4) is 0 Å². The van der Waals surface area contributed by atoms with Crippen LogP contribution in [0.4, 0.5) is 0 Å². The van der Waals surface area contributed by atoms with Crippen molar-refractivity contribution >= 4 is 27.4 Å². The summed E-state index contributed by atoms with van der Waals surface area (Å²) in [5, 5.41) is 0. The van der Waals surface area contributed by atoms with Gasteiger partial charge in [0.05, 0.1) is 0 Å². The SMILES string of the molecule is C=C[SiH]1N(C)[SiH](C=C)N(C)[SiH](C=C)N1C. The highest BCUT2D eigenvalue weighted by Crippen LogP contribution is 2.16. The van der Waals surface area contributed by atoms with Crippen LogP contribution >= 0.6 is 0 Å². The highest BCUT2D eigenvalue weighted by Gasteiger charge is 2.39. The molecule has 0 unspecified atom stereocenters. The first-order valence-corrected chi connectivity index (χ1v) is 10.2. The van der Waals surface area contributed by atoms with Crippen molar-refractivity contribution in [2.75, 3.05) is 21.1 Å². The molecule has 6 heteroatoms. The maximum absolute atomic E-state index is 3.98. The average molecular weight is 256 g/mol. The van der Waals surface area contributed by atoms with Gasteiger partial charge in [0.15, 0.2) is 0 Å². The van der Waals surface area contributed by atoms with Crippen LogP contribution in [0.15, 0.2) is 36.8 Å². The third kappa shape index (κ3) is 2.15. The molecule has 15 heavy (non-hydrogen) atoms. The molecule has 1 fully saturated rings. The molecule has 84 valence electrons. The Morgan fingerprint density at radius 3 is 1.00 bits per heavy atom. The van der Waals surface area contributed by atoms with Crippen LogP contribution in [-0.2, 0) is 0 Å². The molecule has 0 bridgehead atoms. The van der Waals surface area contributed by atoms with Gasteiger partial charge in [-0.25, -0.2) is 0 Å². The third-order valence-corrected chi connectivity index (χ3v) is 14.9. The summed E-state index contributed by atoms with van der Waals surface area (Å²) in [7, 11) is 3.32. The van der Waals surface area contributed by atoms with Crippen LogP contribution in [-0.4, -0.2) is 61.2 Å². The zero-order valence-corrected chi connectivity index (χ0v) is 13.4. The Balaban J connectivity index is 3.01. The number of rotatable bonds is 3. The Labute approximate surface area is 98.3 Å². The number of nitrogens with zero attached hydrogens (tertiary/aromatic N) is 3. The van der Waals surface area contributed by atoms with E-state index in [9.17, 15) is 0 Å². The van der Waals surface area contributed by atoms with Crippen molar-refractivity contribution in [3.63, 3.8) is 0 Å². The van der Waals surface area contributed by atoms with Crippen molar-refractivity contribution in [1.29, 1.82) is 0 Å². The lowest BCUT2D eigenvalue weighted by Gasteiger charge is -2.50. The zero-order valence-electron chi connectivity index (χ0n) is 9.93. The molecule has 0 N–H and O–H groups in total. The summed E-state index contributed by atoms with van der Waals surface area (Å²) in [5.41, 5.74) is 6.46.